The van der Waals surface area contributed by atoms with Crippen molar-refractivity contribution in [2.75, 3.05) is 39.5 Å². The van der Waals surface area contributed by atoms with Crippen molar-refractivity contribution in [2.45, 2.75) is 26.7 Å². The zero-order chi connectivity index (χ0) is 19.6. The smallest absolute Gasteiger partial charge is 0.414 e. The van der Waals surface area contributed by atoms with E-state index >= 15 is 0 Å². The van der Waals surface area contributed by atoms with Gasteiger partial charge in [-0.2, -0.15) is 0 Å². The van der Waals surface area contributed by atoms with Crippen molar-refractivity contribution in [1.82, 2.24) is 5.32 Å². The van der Waals surface area contributed by atoms with Crippen LogP contribution in [0.1, 0.15) is 26.7 Å². The average molecular weight is 371 g/mol. The molecule has 0 amide bonds. The molecule has 0 heterocycles. The lowest BCUT2D eigenvalue weighted by molar-refractivity contribution is -0.159. The van der Waals surface area contributed by atoms with Gasteiger partial charge in [-0.05, 0) is 44.2 Å². The summed E-state index contributed by atoms with van der Waals surface area (Å²) in [5.74, 6) is -1.93. The van der Waals surface area contributed by atoms with Gasteiger partial charge in [-0.25, -0.2) is 9.59 Å². The van der Waals surface area contributed by atoms with Crippen LogP contribution in [0.3, 0.4) is 0 Å². The normalized spacial score (nSPS) is 9.77. The van der Waals surface area contributed by atoms with Crippen molar-refractivity contribution in [3.8, 4) is 11.5 Å². The summed E-state index contributed by atoms with van der Waals surface area (Å²) in [6, 6.07) is 7.66. The zero-order valence-corrected chi connectivity index (χ0v) is 15.4. The number of ether oxygens (including phenoxy) is 3. The number of unbranched alkanes of at least 4 members (excludes halogenated alkanes) is 1. The Labute approximate surface area is 154 Å². The molecule has 0 aliphatic heterocycles. The van der Waals surface area contributed by atoms with Gasteiger partial charge in [0.2, 0.25) is 0 Å². The maximum absolute atomic E-state index is 9.10. The van der Waals surface area contributed by atoms with Crippen molar-refractivity contribution in [3.63, 3.8) is 0 Å². The summed E-state index contributed by atoms with van der Waals surface area (Å²) < 4.78 is 16.4. The molecule has 0 saturated carbocycles. The number of carboxylic acid groups (broad SMARTS) is 2. The SMILES string of the molecule is CCCCNCCOCCOc1ccc(OCC)cc1.O=C(O)C(=O)O. The van der Waals surface area contributed by atoms with Gasteiger partial charge < -0.3 is 29.7 Å². The fourth-order valence-electron chi connectivity index (χ4n) is 1.69. The topological polar surface area (TPSA) is 114 Å². The van der Waals surface area contributed by atoms with Gasteiger partial charge in [0.1, 0.15) is 18.1 Å². The van der Waals surface area contributed by atoms with E-state index in [2.05, 4.69) is 12.2 Å². The third-order valence-corrected chi connectivity index (χ3v) is 2.94. The zero-order valence-electron chi connectivity index (χ0n) is 15.4. The molecule has 0 bridgehead atoms. The highest BCUT2D eigenvalue weighted by Crippen LogP contribution is 2.17. The number of carboxylic acids is 2. The van der Waals surface area contributed by atoms with E-state index in [1.165, 1.54) is 12.8 Å². The Morgan fingerprint density at radius 1 is 0.885 bits per heavy atom. The van der Waals surface area contributed by atoms with Crippen LogP contribution in [0.5, 0.6) is 11.5 Å². The van der Waals surface area contributed by atoms with Gasteiger partial charge in [-0.15, -0.1) is 0 Å². The second-order valence-electron chi connectivity index (χ2n) is 5.08. The van der Waals surface area contributed by atoms with Crippen LogP contribution >= 0.6 is 0 Å². The van der Waals surface area contributed by atoms with Gasteiger partial charge >= 0.3 is 11.9 Å². The second kappa shape index (κ2) is 16.2. The van der Waals surface area contributed by atoms with Crippen LogP contribution in [-0.4, -0.2) is 61.7 Å². The fourth-order valence-corrected chi connectivity index (χ4v) is 1.69. The minimum atomic E-state index is -1.82. The maximum Gasteiger partial charge on any atom is 0.414 e. The number of nitrogens with one attached hydrogen (secondary N) is 1. The molecular weight excluding hydrogens is 342 g/mol. The monoisotopic (exact) mass is 371 g/mol. The fraction of sp³-hybridized carbons (Fsp3) is 0.556. The molecule has 0 aliphatic rings. The highest BCUT2D eigenvalue weighted by molar-refractivity contribution is 6.27. The lowest BCUT2D eigenvalue weighted by Crippen LogP contribution is -2.21. The van der Waals surface area contributed by atoms with E-state index in [-0.39, 0.29) is 0 Å². The molecule has 0 radical (unpaired) electrons. The second-order valence-corrected chi connectivity index (χ2v) is 5.08. The largest absolute Gasteiger partial charge is 0.494 e. The van der Waals surface area contributed by atoms with E-state index in [1.54, 1.807) is 0 Å². The van der Waals surface area contributed by atoms with Gasteiger partial charge in [0.05, 0.1) is 19.8 Å². The van der Waals surface area contributed by atoms with Gasteiger partial charge in [-0.1, -0.05) is 13.3 Å². The van der Waals surface area contributed by atoms with Crippen LogP contribution in [0, 0.1) is 0 Å². The van der Waals surface area contributed by atoms with E-state index in [4.69, 9.17) is 34.0 Å². The molecular formula is C18H29NO7. The quantitative estimate of drug-likeness (QED) is 0.378. The molecule has 1 rings (SSSR count). The summed E-state index contributed by atoms with van der Waals surface area (Å²) in [5.41, 5.74) is 0. The van der Waals surface area contributed by atoms with Crippen LogP contribution in [0.4, 0.5) is 0 Å². The standard InChI is InChI=1S/C16H27NO3.C2H2O4/c1-3-5-10-17-11-12-18-13-14-20-16-8-6-15(7-9-16)19-4-2;3-1(4)2(5)6/h6-9,17H,3-5,10-14H2,1-2H3;(H,3,4)(H,5,6). The predicted octanol–water partition coefficient (Wildman–Crippen LogP) is 2.03. The highest BCUT2D eigenvalue weighted by atomic mass is 16.5. The van der Waals surface area contributed by atoms with E-state index < -0.39 is 11.9 Å². The average Bonchev–Trinajstić information content (AvgIpc) is 2.62. The molecule has 0 spiro atoms. The molecule has 26 heavy (non-hydrogen) atoms. The summed E-state index contributed by atoms with van der Waals surface area (Å²) in [7, 11) is 0. The van der Waals surface area contributed by atoms with Crippen molar-refractivity contribution in [1.29, 1.82) is 0 Å². The Hall–Kier alpha value is -2.32. The summed E-state index contributed by atoms with van der Waals surface area (Å²) in [6.45, 7) is 8.74. The summed E-state index contributed by atoms with van der Waals surface area (Å²) >= 11 is 0. The summed E-state index contributed by atoms with van der Waals surface area (Å²) in [4.78, 5) is 18.2. The van der Waals surface area contributed by atoms with Crippen molar-refractivity contribution in [3.05, 3.63) is 24.3 Å². The van der Waals surface area contributed by atoms with Crippen LogP contribution in [0.15, 0.2) is 24.3 Å². The summed E-state index contributed by atoms with van der Waals surface area (Å²) in [6.07, 6.45) is 2.45. The number of carbonyl (C=O) groups is 2. The minimum absolute atomic E-state index is 0.572. The molecule has 148 valence electrons. The Morgan fingerprint density at radius 3 is 1.96 bits per heavy atom. The molecule has 3 N–H and O–H groups in total. The van der Waals surface area contributed by atoms with Crippen LogP contribution in [-0.2, 0) is 14.3 Å². The van der Waals surface area contributed by atoms with Gasteiger partial charge in [0, 0.05) is 6.54 Å². The van der Waals surface area contributed by atoms with Crippen molar-refractivity contribution in [2.24, 2.45) is 0 Å². The van der Waals surface area contributed by atoms with Gasteiger partial charge in [-0.3, -0.25) is 0 Å². The first-order chi connectivity index (χ1) is 12.5. The lowest BCUT2D eigenvalue weighted by Gasteiger charge is -2.08. The minimum Gasteiger partial charge on any atom is -0.494 e. The molecule has 1 aromatic carbocycles. The molecule has 0 unspecified atom stereocenters. The summed E-state index contributed by atoms with van der Waals surface area (Å²) in [5, 5.41) is 18.1. The predicted molar refractivity (Wildman–Crippen MR) is 97.0 cm³/mol. The van der Waals surface area contributed by atoms with E-state index in [0.29, 0.717) is 19.8 Å². The molecule has 0 aliphatic carbocycles. The Balaban J connectivity index is 0.000000896. The Kier molecular flexibility index (Phi) is 14.7. The van der Waals surface area contributed by atoms with Crippen LogP contribution < -0.4 is 14.8 Å². The molecule has 0 fully saturated rings. The van der Waals surface area contributed by atoms with E-state index in [0.717, 1.165) is 31.2 Å². The molecule has 8 nitrogen and oxygen atoms in total. The third-order valence-electron chi connectivity index (χ3n) is 2.94. The van der Waals surface area contributed by atoms with E-state index in [1.807, 2.05) is 31.2 Å². The van der Waals surface area contributed by atoms with Crippen LogP contribution in [0.2, 0.25) is 0 Å². The first-order valence-electron chi connectivity index (χ1n) is 8.61. The molecule has 8 heteroatoms. The number of aliphatic carboxylic acids is 2. The molecule has 0 aromatic heterocycles. The van der Waals surface area contributed by atoms with E-state index in [9.17, 15) is 0 Å². The Morgan fingerprint density at radius 2 is 1.46 bits per heavy atom. The first kappa shape index (κ1) is 23.7. The molecule has 0 saturated heterocycles. The van der Waals surface area contributed by atoms with Gasteiger partial charge in [0.25, 0.3) is 0 Å². The number of hydrogen-bond donors (Lipinski definition) is 3. The molecule has 0 atom stereocenters. The number of rotatable bonds is 12. The van der Waals surface area contributed by atoms with Crippen LogP contribution in [0.25, 0.3) is 0 Å². The Bertz CT molecular complexity index is 479. The number of hydrogen-bond acceptors (Lipinski definition) is 6. The number of benzene rings is 1. The van der Waals surface area contributed by atoms with Gasteiger partial charge in [0.15, 0.2) is 0 Å². The maximum atomic E-state index is 9.10. The van der Waals surface area contributed by atoms with Crippen molar-refractivity contribution >= 4 is 11.9 Å². The molecule has 1 aromatic rings. The highest BCUT2D eigenvalue weighted by Gasteiger charge is 2.04. The lowest BCUT2D eigenvalue weighted by atomic mass is 10.3. The van der Waals surface area contributed by atoms with Crippen molar-refractivity contribution < 1.29 is 34.0 Å². The third kappa shape index (κ3) is 14.1. The first-order valence-corrected chi connectivity index (χ1v) is 8.61.